The number of carbonyl (C=O) groups excluding carboxylic acids is 1. The summed E-state index contributed by atoms with van der Waals surface area (Å²) in [5, 5.41) is 10.3. The van der Waals surface area contributed by atoms with Crippen molar-refractivity contribution in [2.45, 2.75) is 29.1 Å². The minimum absolute atomic E-state index is 0.0662. The van der Waals surface area contributed by atoms with Crippen molar-refractivity contribution >= 4 is 31.8 Å². The quantitative estimate of drug-likeness (QED) is 0.516. The first-order valence-electron chi connectivity index (χ1n) is 10.6. The van der Waals surface area contributed by atoms with E-state index in [1.165, 1.54) is 28.6 Å². The van der Waals surface area contributed by atoms with Crippen LogP contribution in [0.15, 0.2) is 68.8 Å². The van der Waals surface area contributed by atoms with Crippen molar-refractivity contribution < 1.29 is 26.0 Å². The van der Waals surface area contributed by atoms with Gasteiger partial charge in [0.25, 0.3) is 0 Å². The van der Waals surface area contributed by atoms with Crippen molar-refractivity contribution in [1.82, 2.24) is 14.5 Å². The highest BCUT2D eigenvalue weighted by atomic mass is 32.2. The smallest absolute Gasteiger partial charge is 0.322 e. The molecule has 0 bridgehead atoms. The number of sulfonamides is 1. The molecule has 1 aromatic heterocycles. The van der Waals surface area contributed by atoms with E-state index < -0.39 is 25.8 Å². The molecule has 1 fully saturated rings. The Morgan fingerprint density at radius 2 is 1.74 bits per heavy atom. The van der Waals surface area contributed by atoms with Gasteiger partial charge in [-0.15, -0.1) is 5.10 Å². The number of anilines is 1. The standard InChI is InChI=1S/C22H24N4O6S2/c1-33(28,29)18-11-9-16(10-12-18)14-20-24-25-22(32-20)23-21(27)17-6-5-13-26(15-17)34(30,31)19-7-3-2-4-8-19/h2-4,7-12,17H,5-6,13-15H2,1H3,(H,23,25,27). The molecule has 4 rings (SSSR count). The number of amides is 1. The summed E-state index contributed by atoms with van der Waals surface area (Å²) >= 11 is 0. The average molecular weight is 505 g/mol. The van der Waals surface area contributed by atoms with Crippen molar-refractivity contribution in [1.29, 1.82) is 0 Å². The fourth-order valence-corrected chi connectivity index (χ4v) is 5.90. The number of piperidine rings is 1. The highest BCUT2D eigenvalue weighted by molar-refractivity contribution is 7.90. The van der Waals surface area contributed by atoms with E-state index >= 15 is 0 Å². The Balaban J connectivity index is 1.38. The second-order valence-electron chi connectivity index (χ2n) is 8.10. The first-order valence-corrected chi connectivity index (χ1v) is 13.9. The van der Waals surface area contributed by atoms with Gasteiger partial charge in [-0.1, -0.05) is 35.4 Å². The van der Waals surface area contributed by atoms with E-state index in [1.54, 1.807) is 30.3 Å². The van der Waals surface area contributed by atoms with Crippen LogP contribution in [-0.2, 0) is 31.1 Å². The van der Waals surface area contributed by atoms with Gasteiger partial charge in [-0.05, 0) is 42.7 Å². The number of hydrogen-bond acceptors (Lipinski definition) is 8. The summed E-state index contributed by atoms with van der Waals surface area (Å²) in [6.45, 7) is 0.417. The largest absolute Gasteiger partial charge is 0.407 e. The summed E-state index contributed by atoms with van der Waals surface area (Å²) in [7, 11) is -6.96. The lowest BCUT2D eigenvalue weighted by Gasteiger charge is -2.30. The number of carbonyl (C=O) groups is 1. The molecule has 2 aromatic carbocycles. The number of hydrogen-bond donors (Lipinski definition) is 1. The highest BCUT2D eigenvalue weighted by Gasteiger charge is 2.33. The number of benzene rings is 2. The summed E-state index contributed by atoms with van der Waals surface area (Å²) < 4.78 is 55.7. The van der Waals surface area contributed by atoms with Crippen LogP contribution in [0.4, 0.5) is 6.01 Å². The fourth-order valence-electron chi connectivity index (χ4n) is 3.73. The van der Waals surface area contributed by atoms with Gasteiger partial charge in [-0.2, -0.15) is 4.31 Å². The maximum absolute atomic E-state index is 12.9. The monoisotopic (exact) mass is 504 g/mol. The lowest BCUT2D eigenvalue weighted by molar-refractivity contribution is -0.121. The molecule has 0 radical (unpaired) electrons. The third kappa shape index (κ3) is 5.51. The van der Waals surface area contributed by atoms with Crippen LogP contribution in [0.1, 0.15) is 24.3 Å². The molecule has 12 heteroatoms. The Bertz CT molecular complexity index is 1370. The van der Waals surface area contributed by atoms with Gasteiger partial charge in [0, 0.05) is 19.3 Å². The fraction of sp³-hybridized carbons (Fsp3) is 0.318. The third-order valence-corrected chi connectivity index (χ3v) is 8.55. The molecule has 1 N–H and O–H groups in total. The molecule has 1 atom stereocenters. The van der Waals surface area contributed by atoms with Gasteiger partial charge in [-0.25, -0.2) is 16.8 Å². The van der Waals surface area contributed by atoms with E-state index in [-0.39, 0.29) is 40.6 Å². The SMILES string of the molecule is CS(=O)(=O)c1ccc(Cc2nnc(NC(=O)C3CCCN(S(=O)(=O)c4ccccc4)C3)o2)cc1. The maximum Gasteiger partial charge on any atom is 0.322 e. The van der Waals surface area contributed by atoms with Crippen molar-refractivity contribution in [3.05, 3.63) is 66.1 Å². The molecule has 1 unspecified atom stereocenters. The second kappa shape index (κ2) is 9.65. The van der Waals surface area contributed by atoms with Gasteiger partial charge in [-0.3, -0.25) is 10.1 Å². The molecule has 0 spiro atoms. The first kappa shape index (κ1) is 24.0. The normalized spacial score (nSPS) is 17.4. The van der Waals surface area contributed by atoms with E-state index in [1.807, 2.05) is 0 Å². The average Bonchev–Trinajstić information content (AvgIpc) is 3.26. The molecule has 1 aliphatic rings. The summed E-state index contributed by atoms with van der Waals surface area (Å²) in [6.07, 6.45) is 2.50. The molecule has 3 aromatic rings. The van der Waals surface area contributed by atoms with Gasteiger partial charge < -0.3 is 4.42 Å². The van der Waals surface area contributed by atoms with Gasteiger partial charge in [0.1, 0.15) is 0 Å². The van der Waals surface area contributed by atoms with Crippen LogP contribution < -0.4 is 5.32 Å². The van der Waals surface area contributed by atoms with Crippen LogP contribution in [0.5, 0.6) is 0 Å². The van der Waals surface area contributed by atoms with Gasteiger partial charge in [0.15, 0.2) is 9.84 Å². The predicted octanol–water partition coefficient (Wildman–Crippen LogP) is 2.10. The van der Waals surface area contributed by atoms with Crippen LogP contribution >= 0.6 is 0 Å². The summed E-state index contributed by atoms with van der Waals surface area (Å²) in [5.74, 6) is -0.689. The Hall–Kier alpha value is -3.09. The van der Waals surface area contributed by atoms with Crippen molar-refractivity contribution in [3.63, 3.8) is 0 Å². The van der Waals surface area contributed by atoms with Crippen molar-refractivity contribution in [3.8, 4) is 0 Å². The molecule has 2 heterocycles. The Morgan fingerprint density at radius 3 is 2.41 bits per heavy atom. The van der Waals surface area contributed by atoms with Crippen molar-refractivity contribution in [2.75, 3.05) is 24.7 Å². The van der Waals surface area contributed by atoms with Crippen LogP contribution in [0, 0.1) is 5.92 Å². The molecule has 1 saturated heterocycles. The summed E-state index contributed by atoms with van der Waals surface area (Å²) in [6, 6.07) is 14.4. The minimum atomic E-state index is -3.68. The van der Waals surface area contributed by atoms with E-state index in [9.17, 15) is 21.6 Å². The Kier molecular flexibility index (Phi) is 6.82. The number of nitrogens with one attached hydrogen (secondary N) is 1. The Labute approximate surface area is 198 Å². The topological polar surface area (TPSA) is 140 Å². The lowest BCUT2D eigenvalue weighted by Crippen LogP contribution is -2.43. The maximum atomic E-state index is 12.9. The molecular weight excluding hydrogens is 480 g/mol. The van der Waals surface area contributed by atoms with E-state index in [0.717, 1.165) is 11.8 Å². The van der Waals surface area contributed by atoms with Gasteiger partial charge in [0.05, 0.1) is 22.1 Å². The molecular formula is C22H24N4O6S2. The second-order valence-corrected chi connectivity index (χ2v) is 12.1. The lowest BCUT2D eigenvalue weighted by atomic mass is 9.99. The predicted molar refractivity (Wildman–Crippen MR) is 123 cm³/mol. The van der Waals surface area contributed by atoms with E-state index in [4.69, 9.17) is 4.42 Å². The van der Waals surface area contributed by atoms with Crippen LogP contribution in [-0.4, -0.2) is 56.6 Å². The number of sulfone groups is 1. The Morgan fingerprint density at radius 1 is 1.03 bits per heavy atom. The van der Waals surface area contributed by atoms with Crippen LogP contribution in [0.2, 0.25) is 0 Å². The zero-order chi connectivity index (χ0) is 24.3. The number of aromatic nitrogens is 2. The molecule has 0 saturated carbocycles. The molecule has 0 aliphatic carbocycles. The summed E-state index contributed by atoms with van der Waals surface area (Å²) in [4.78, 5) is 13.2. The van der Waals surface area contributed by atoms with Crippen LogP contribution in [0.3, 0.4) is 0 Å². The highest BCUT2D eigenvalue weighted by Crippen LogP contribution is 2.25. The summed E-state index contributed by atoms with van der Waals surface area (Å²) in [5.41, 5.74) is 0.767. The molecule has 1 amide bonds. The van der Waals surface area contributed by atoms with E-state index in [0.29, 0.717) is 19.4 Å². The van der Waals surface area contributed by atoms with Crippen LogP contribution in [0.25, 0.3) is 0 Å². The van der Waals surface area contributed by atoms with E-state index in [2.05, 4.69) is 15.5 Å². The first-order chi connectivity index (χ1) is 16.1. The van der Waals surface area contributed by atoms with Gasteiger partial charge >= 0.3 is 6.01 Å². The third-order valence-electron chi connectivity index (χ3n) is 5.54. The zero-order valence-corrected chi connectivity index (χ0v) is 20.0. The number of rotatable bonds is 7. The zero-order valence-electron chi connectivity index (χ0n) is 18.4. The molecule has 10 nitrogen and oxygen atoms in total. The number of nitrogens with zero attached hydrogens (tertiary/aromatic N) is 3. The molecule has 180 valence electrons. The molecule has 34 heavy (non-hydrogen) atoms. The van der Waals surface area contributed by atoms with Gasteiger partial charge in [0.2, 0.25) is 21.8 Å². The van der Waals surface area contributed by atoms with Crippen molar-refractivity contribution in [2.24, 2.45) is 5.92 Å². The molecule has 1 aliphatic heterocycles. The minimum Gasteiger partial charge on any atom is -0.407 e.